The minimum Gasteiger partial charge on any atom is -0.351 e. The van der Waals surface area contributed by atoms with Crippen molar-refractivity contribution in [2.75, 3.05) is 32.7 Å². The molecule has 0 spiro atoms. The molecule has 0 unspecified atom stereocenters. The maximum Gasteiger partial charge on any atom is 0.253 e. The van der Waals surface area contributed by atoms with Gasteiger partial charge < -0.3 is 10.2 Å². The SMILES string of the molecule is Cc1ccc(CNC(=O)CN2CCCN(C(=O)c3ccc(F)cc3)CC2)cc1. The third-order valence-corrected chi connectivity index (χ3v) is 4.94. The minimum absolute atomic E-state index is 0.0149. The van der Waals surface area contributed by atoms with E-state index in [1.54, 1.807) is 4.90 Å². The number of hydrogen-bond acceptors (Lipinski definition) is 3. The number of carbonyl (C=O) groups excluding carboxylic acids is 2. The number of carbonyl (C=O) groups is 2. The summed E-state index contributed by atoms with van der Waals surface area (Å²) < 4.78 is 13.0. The largest absolute Gasteiger partial charge is 0.351 e. The van der Waals surface area contributed by atoms with Gasteiger partial charge in [0.25, 0.3) is 5.91 Å². The van der Waals surface area contributed by atoms with Crippen LogP contribution in [0.25, 0.3) is 0 Å². The van der Waals surface area contributed by atoms with Crippen molar-refractivity contribution in [2.24, 2.45) is 0 Å². The summed E-state index contributed by atoms with van der Waals surface area (Å²) in [6, 6.07) is 13.7. The molecule has 0 aromatic heterocycles. The lowest BCUT2D eigenvalue weighted by Crippen LogP contribution is -2.39. The van der Waals surface area contributed by atoms with Gasteiger partial charge in [-0.2, -0.15) is 0 Å². The molecule has 1 heterocycles. The number of benzene rings is 2. The lowest BCUT2D eigenvalue weighted by molar-refractivity contribution is -0.122. The van der Waals surface area contributed by atoms with Crippen LogP contribution >= 0.6 is 0 Å². The van der Waals surface area contributed by atoms with Crippen molar-refractivity contribution < 1.29 is 14.0 Å². The summed E-state index contributed by atoms with van der Waals surface area (Å²) in [5.74, 6) is -0.459. The Balaban J connectivity index is 1.46. The smallest absolute Gasteiger partial charge is 0.253 e. The standard InChI is InChI=1S/C22H26FN3O2/c1-17-3-5-18(6-4-17)15-24-21(27)16-25-11-2-12-26(14-13-25)22(28)19-7-9-20(23)10-8-19/h3-10H,2,11-16H2,1H3,(H,24,27). The first-order chi connectivity index (χ1) is 13.5. The van der Waals surface area contributed by atoms with Crippen LogP contribution in [0.2, 0.25) is 0 Å². The highest BCUT2D eigenvalue weighted by atomic mass is 19.1. The van der Waals surface area contributed by atoms with Crippen LogP contribution in [0, 0.1) is 12.7 Å². The van der Waals surface area contributed by atoms with Crippen LogP contribution in [0.4, 0.5) is 4.39 Å². The Morgan fingerprint density at radius 1 is 0.964 bits per heavy atom. The van der Waals surface area contributed by atoms with Crippen LogP contribution in [-0.2, 0) is 11.3 Å². The van der Waals surface area contributed by atoms with E-state index in [0.29, 0.717) is 38.3 Å². The van der Waals surface area contributed by atoms with Crippen molar-refractivity contribution >= 4 is 11.8 Å². The molecule has 0 aliphatic carbocycles. The first-order valence-corrected chi connectivity index (χ1v) is 9.61. The Morgan fingerprint density at radius 3 is 2.39 bits per heavy atom. The Bertz CT molecular complexity index is 806. The summed E-state index contributed by atoms with van der Waals surface area (Å²) in [4.78, 5) is 28.7. The van der Waals surface area contributed by atoms with Gasteiger partial charge in [-0.1, -0.05) is 29.8 Å². The van der Waals surface area contributed by atoms with Crippen molar-refractivity contribution in [3.63, 3.8) is 0 Å². The Morgan fingerprint density at radius 2 is 1.68 bits per heavy atom. The van der Waals surface area contributed by atoms with Crippen LogP contribution in [0.5, 0.6) is 0 Å². The van der Waals surface area contributed by atoms with Gasteiger partial charge in [-0.3, -0.25) is 14.5 Å². The van der Waals surface area contributed by atoms with Gasteiger partial charge in [0.2, 0.25) is 5.91 Å². The average molecular weight is 383 g/mol. The molecule has 28 heavy (non-hydrogen) atoms. The highest BCUT2D eigenvalue weighted by Crippen LogP contribution is 2.10. The molecule has 6 heteroatoms. The van der Waals surface area contributed by atoms with E-state index in [-0.39, 0.29) is 17.6 Å². The second-order valence-corrected chi connectivity index (χ2v) is 7.19. The lowest BCUT2D eigenvalue weighted by Gasteiger charge is -2.22. The molecule has 2 aromatic rings. The monoisotopic (exact) mass is 383 g/mol. The van der Waals surface area contributed by atoms with Gasteiger partial charge in [0.1, 0.15) is 5.82 Å². The predicted molar refractivity (Wildman–Crippen MR) is 106 cm³/mol. The average Bonchev–Trinajstić information content (AvgIpc) is 2.93. The maximum absolute atomic E-state index is 13.0. The quantitative estimate of drug-likeness (QED) is 0.864. The second kappa shape index (κ2) is 9.46. The molecule has 2 aromatic carbocycles. The molecular weight excluding hydrogens is 357 g/mol. The molecule has 0 radical (unpaired) electrons. The number of nitrogens with zero attached hydrogens (tertiary/aromatic N) is 2. The number of nitrogens with one attached hydrogen (secondary N) is 1. The number of rotatable bonds is 5. The summed E-state index contributed by atoms with van der Waals surface area (Å²) in [5.41, 5.74) is 2.76. The molecule has 5 nitrogen and oxygen atoms in total. The van der Waals surface area contributed by atoms with Gasteiger partial charge in [-0.05, 0) is 43.2 Å². The van der Waals surface area contributed by atoms with E-state index in [2.05, 4.69) is 10.2 Å². The molecular formula is C22H26FN3O2. The molecule has 1 N–H and O–H groups in total. The van der Waals surface area contributed by atoms with Gasteiger partial charge in [-0.15, -0.1) is 0 Å². The third kappa shape index (κ3) is 5.63. The molecule has 148 valence electrons. The van der Waals surface area contributed by atoms with E-state index >= 15 is 0 Å². The fourth-order valence-corrected chi connectivity index (χ4v) is 3.27. The van der Waals surface area contributed by atoms with Gasteiger partial charge >= 0.3 is 0 Å². The Labute approximate surface area is 165 Å². The van der Waals surface area contributed by atoms with Crippen molar-refractivity contribution in [3.8, 4) is 0 Å². The van der Waals surface area contributed by atoms with Gasteiger partial charge in [0.15, 0.2) is 0 Å². The second-order valence-electron chi connectivity index (χ2n) is 7.19. The van der Waals surface area contributed by atoms with E-state index in [4.69, 9.17) is 0 Å². The van der Waals surface area contributed by atoms with Gasteiger partial charge in [-0.25, -0.2) is 4.39 Å². The zero-order chi connectivity index (χ0) is 19.9. The van der Waals surface area contributed by atoms with Crippen molar-refractivity contribution in [3.05, 3.63) is 71.0 Å². The number of hydrogen-bond donors (Lipinski definition) is 1. The fourth-order valence-electron chi connectivity index (χ4n) is 3.27. The van der Waals surface area contributed by atoms with E-state index in [1.807, 2.05) is 31.2 Å². The van der Waals surface area contributed by atoms with E-state index < -0.39 is 0 Å². The van der Waals surface area contributed by atoms with Crippen molar-refractivity contribution in [1.82, 2.24) is 15.1 Å². The Hall–Kier alpha value is -2.73. The molecule has 1 saturated heterocycles. The molecule has 0 saturated carbocycles. The van der Waals surface area contributed by atoms with E-state index in [1.165, 1.54) is 29.8 Å². The molecule has 1 aliphatic heterocycles. The van der Waals surface area contributed by atoms with Gasteiger partial charge in [0.05, 0.1) is 6.54 Å². The summed E-state index contributed by atoms with van der Waals surface area (Å²) in [6.07, 6.45) is 0.804. The van der Waals surface area contributed by atoms with Crippen LogP contribution in [0.15, 0.2) is 48.5 Å². The molecule has 1 aliphatic rings. The number of halogens is 1. The van der Waals surface area contributed by atoms with Crippen molar-refractivity contribution in [2.45, 2.75) is 19.9 Å². The van der Waals surface area contributed by atoms with Crippen LogP contribution in [-0.4, -0.2) is 54.3 Å². The normalized spacial score (nSPS) is 15.1. The topological polar surface area (TPSA) is 52.7 Å². The molecule has 0 atom stereocenters. The summed E-state index contributed by atoms with van der Waals surface area (Å²) >= 11 is 0. The maximum atomic E-state index is 13.0. The zero-order valence-corrected chi connectivity index (χ0v) is 16.2. The summed E-state index contributed by atoms with van der Waals surface area (Å²) in [5, 5.41) is 2.95. The first kappa shape index (κ1) is 20.0. The summed E-state index contributed by atoms with van der Waals surface area (Å²) in [6.45, 7) is 5.48. The van der Waals surface area contributed by atoms with Crippen molar-refractivity contribution in [1.29, 1.82) is 0 Å². The van der Waals surface area contributed by atoms with E-state index in [9.17, 15) is 14.0 Å². The zero-order valence-electron chi connectivity index (χ0n) is 16.2. The first-order valence-electron chi connectivity index (χ1n) is 9.61. The molecule has 0 bridgehead atoms. The van der Waals surface area contributed by atoms with E-state index in [0.717, 1.165) is 18.5 Å². The van der Waals surface area contributed by atoms with Crippen LogP contribution < -0.4 is 5.32 Å². The molecule has 2 amide bonds. The van der Waals surface area contributed by atoms with Crippen LogP contribution in [0.1, 0.15) is 27.9 Å². The minimum atomic E-state index is -0.352. The predicted octanol–water partition coefficient (Wildman–Crippen LogP) is 2.60. The summed E-state index contributed by atoms with van der Waals surface area (Å²) in [7, 11) is 0. The molecule has 1 fully saturated rings. The van der Waals surface area contributed by atoms with Gasteiger partial charge in [0, 0.05) is 38.3 Å². The highest BCUT2D eigenvalue weighted by molar-refractivity contribution is 5.94. The lowest BCUT2D eigenvalue weighted by atomic mass is 10.1. The Kier molecular flexibility index (Phi) is 6.76. The third-order valence-electron chi connectivity index (χ3n) is 4.94. The fraction of sp³-hybridized carbons (Fsp3) is 0.364. The number of amides is 2. The van der Waals surface area contributed by atoms with Crippen LogP contribution in [0.3, 0.4) is 0 Å². The highest BCUT2D eigenvalue weighted by Gasteiger charge is 2.21. The molecule has 3 rings (SSSR count). The number of aryl methyl sites for hydroxylation is 1.